The summed E-state index contributed by atoms with van der Waals surface area (Å²) in [5.41, 5.74) is 1.76. The topological polar surface area (TPSA) is 74.2 Å². The van der Waals surface area contributed by atoms with E-state index in [1.165, 1.54) is 12.1 Å². The number of nitriles is 1. The number of allylic oxidation sites excluding steroid dienone is 1. The van der Waals surface area contributed by atoms with Crippen molar-refractivity contribution in [3.63, 3.8) is 0 Å². The lowest BCUT2D eigenvalue weighted by Gasteiger charge is -2.02. The standard InChI is InChI=1S/C20H11Cl2NO3/c21-15-3-1-2-12(8-15)14(11-23)9-16-5-7-19(26-16)13-4-6-17(20(24)25)18(22)10-13/h1-10H,(H,24,25)/b14-9-. The van der Waals surface area contributed by atoms with Crippen molar-refractivity contribution in [1.82, 2.24) is 0 Å². The van der Waals surface area contributed by atoms with Gasteiger partial charge in [-0.25, -0.2) is 4.79 Å². The van der Waals surface area contributed by atoms with Crippen LogP contribution in [-0.2, 0) is 0 Å². The molecule has 0 unspecified atom stereocenters. The Morgan fingerprint density at radius 1 is 1.12 bits per heavy atom. The summed E-state index contributed by atoms with van der Waals surface area (Å²) < 4.78 is 5.74. The summed E-state index contributed by atoms with van der Waals surface area (Å²) in [6.45, 7) is 0. The smallest absolute Gasteiger partial charge is 0.337 e. The van der Waals surface area contributed by atoms with E-state index in [-0.39, 0.29) is 10.6 Å². The molecule has 1 aromatic heterocycles. The minimum absolute atomic E-state index is 0.0230. The molecule has 0 fully saturated rings. The Morgan fingerprint density at radius 2 is 1.92 bits per heavy atom. The highest BCUT2D eigenvalue weighted by atomic mass is 35.5. The zero-order chi connectivity index (χ0) is 18.7. The van der Waals surface area contributed by atoms with Gasteiger partial charge in [0, 0.05) is 10.6 Å². The molecule has 6 heteroatoms. The molecule has 0 amide bonds. The van der Waals surface area contributed by atoms with Gasteiger partial charge >= 0.3 is 5.97 Å². The van der Waals surface area contributed by atoms with Crippen LogP contribution in [0.1, 0.15) is 21.7 Å². The minimum Gasteiger partial charge on any atom is -0.478 e. The van der Waals surface area contributed by atoms with Crippen LogP contribution in [0.2, 0.25) is 10.0 Å². The van der Waals surface area contributed by atoms with E-state index < -0.39 is 5.97 Å². The second-order valence-corrected chi connectivity index (χ2v) is 6.23. The number of carboxylic acid groups (broad SMARTS) is 1. The van der Waals surface area contributed by atoms with Crippen LogP contribution in [0.25, 0.3) is 23.0 Å². The van der Waals surface area contributed by atoms with Crippen LogP contribution in [0.4, 0.5) is 0 Å². The molecule has 0 saturated carbocycles. The predicted octanol–water partition coefficient (Wildman–Crippen LogP) is 6.02. The van der Waals surface area contributed by atoms with E-state index in [1.54, 1.807) is 48.5 Å². The summed E-state index contributed by atoms with van der Waals surface area (Å²) in [5.74, 6) is -0.0989. The van der Waals surface area contributed by atoms with Gasteiger partial charge in [0.15, 0.2) is 0 Å². The monoisotopic (exact) mass is 383 g/mol. The number of hydrogen-bond acceptors (Lipinski definition) is 3. The second-order valence-electron chi connectivity index (χ2n) is 5.38. The molecule has 0 aliphatic carbocycles. The van der Waals surface area contributed by atoms with Gasteiger partial charge in [-0.2, -0.15) is 5.26 Å². The first-order valence-electron chi connectivity index (χ1n) is 7.48. The van der Waals surface area contributed by atoms with E-state index in [2.05, 4.69) is 6.07 Å². The van der Waals surface area contributed by atoms with Crippen molar-refractivity contribution in [3.05, 3.63) is 81.5 Å². The van der Waals surface area contributed by atoms with E-state index in [4.69, 9.17) is 32.7 Å². The maximum atomic E-state index is 11.0. The molecular formula is C20H11Cl2NO3. The number of furan rings is 1. The van der Waals surface area contributed by atoms with Gasteiger partial charge in [0.1, 0.15) is 11.5 Å². The molecule has 2 aromatic carbocycles. The Bertz CT molecular complexity index is 1060. The Hall–Kier alpha value is -3.00. The number of benzene rings is 2. The van der Waals surface area contributed by atoms with Gasteiger partial charge < -0.3 is 9.52 Å². The van der Waals surface area contributed by atoms with E-state index in [0.29, 0.717) is 33.2 Å². The third-order valence-corrected chi connectivity index (χ3v) is 4.20. The van der Waals surface area contributed by atoms with Crippen LogP contribution in [0.5, 0.6) is 0 Å². The average Bonchev–Trinajstić information content (AvgIpc) is 3.08. The van der Waals surface area contributed by atoms with Crippen molar-refractivity contribution in [3.8, 4) is 17.4 Å². The van der Waals surface area contributed by atoms with E-state index in [0.717, 1.165) is 0 Å². The third-order valence-electron chi connectivity index (χ3n) is 3.65. The number of carboxylic acids is 1. The fourth-order valence-electron chi connectivity index (χ4n) is 2.41. The van der Waals surface area contributed by atoms with Gasteiger partial charge in [-0.1, -0.05) is 41.4 Å². The molecule has 0 bridgehead atoms. The van der Waals surface area contributed by atoms with Gasteiger partial charge in [0.2, 0.25) is 0 Å². The maximum Gasteiger partial charge on any atom is 0.337 e. The zero-order valence-corrected chi connectivity index (χ0v) is 14.8. The van der Waals surface area contributed by atoms with Crippen molar-refractivity contribution in [2.45, 2.75) is 0 Å². The number of rotatable bonds is 4. The second kappa shape index (κ2) is 7.49. The molecule has 1 heterocycles. The fraction of sp³-hybridized carbons (Fsp3) is 0. The summed E-state index contributed by atoms with van der Waals surface area (Å²) in [6.07, 6.45) is 1.61. The number of aromatic carboxylic acids is 1. The summed E-state index contributed by atoms with van der Waals surface area (Å²) >= 11 is 12.0. The number of nitrogens with zero attached hydrogens (tertiary/aromatic N) is 1. The molecule has 3 rings (SSSR count). The van der Waals surface area contributed by atoms with E-state index in [9.17, 15) is 10.1 Å². The molecule has 1 N–H and O–H groups in total. The van der Waals surface area contributed by atoms with E-state index >= 15 is 0 Å². The summed E-state index contributed by atoms with van der Waals surface area (Å²) in [7, 11) is 0. The molecule has 0 aliphatic rings. The maximum absolute atomic E-state index is 11.0. The third kappa shape index (κ3) is 3.80. The largest absolute Gasteiger partial charge is 0.478 e. The Morgan fingerprint density at radius 3 is 2.58 bits per heavy atom. The van der Waals surface area contributed by atoms with Gasteiger partial charge in [0.05, 0.1) is 22.2 Å². The normalized spacial score (nSPS) is 11.2. The van der Waals surface area contributed by atoms with Crippen LogP contribution in [0, 0.1) is 11.3 Å². The molecular weight excluding hydrogens is 373 g/mol. The van der Waals surface area contributed by atoms with Gasteiger partial charge in [-0.05, 0) is 48.0 Å². The van der Waals surface area contributed by atoms with Crippen molar-refractivity contribution in [2.75, 3.05) is 0 Å². The first-order chi connectivity index (χ1) is 12.5. The lowest BCUT2D eigenvalue weighted by Crippen LogP contribution is -1.96. The van der Waals surface area contributed by atoms with Crippen LogP contribution in [0.3, 0.4) is 0 Å². The predicted molar refractivity (Wildman–Crippen MR) is 101 cm³/mol. The molecule has 0 aliphatic heterocycles. The van der Waals surface area contributed by atoms with Crippen LogP contribution < -0.4 is 0 Å². The van der Waals surface area contributed by atoms with Gasteiger partial charge in [-0.15, -0.1) is 0 Å². The van der Waals surface area contributed by atoms with Crippen molar-refractivity contribution in [2.24, 2.45) is 0 Å². The lowest BCUT2D eigenvalue weighted by atomic mass is 10.1. The lowest BCUT2D eigenvalue weighted by molar-refractivity contribution is 0.0697. The Kier molecular flexibility index (Phi) is 5.13. The highest BCUT2D eigenvalue weighted by Gasteiger charge is 2.12. The molecule has 26 heavy (non-hydrogen) atoms. The molecule has 128 valence electrons. The highest BCUT2D eigenvalue weighted by molar-refractivity contribution is 6.33. The SMILES string of the molecule is N#C/C(=C/c1ccc(-c2ccc(C(=O)O)c(Cl)c2)o1)c1cccc(Cl)c1. The molecule has 3 aromatic rings. The molecule has 0 atom stereocenters. The molecule has 0 spiro atoms. The van der Waals surface area contributed by atoms with Gasteiger partial charge in [0.25, 0.3) is 0 Å². The Labute approximate surface area is 159 Å². The van der Waals surface area contributed by atoms with Gasteiger partial charge in [-0.3, -0.25) is 0 Å². The first kappa shape index (κ1) is 17.8. The fourth-order valence-corrected chi connectivity index (χ4v) is 2.86. The molecule has 4 nitrogen and oxygen atoms in total. The number of hydrogen-bond donors (Lipinski definition) is 1. The van der Waals surface area contributed by atoms with Crippen molar-refractivity contribution >= 4 is 40.8 Å². The van der Waals surface area contributed by atoms with Crippen molar-refractivity contribution in [1.29, 1.82) is 5.26 Å². The molecule has 0 radical (unpaired) electrons. The summed E-state index contributed by atoms with van der Waals surface area (Å²) in [4.78, 5) is 11.0. The summed E-state index contributed by atoms with van der Waals surface area (Å²) in [6, 6.07) is 17.1. The molecule has 0 saturated heterocycles. The average molecular weight is 384 g/mol. The number of carbonyl (C=O) groups is 1. The first-order valence-corrected chi connectivity index (χ1v) is 8.24. The highest BCUT2D eigenvalue weighted by Crippen LogP contribution is 2.29. The number of halogens is 2. The van der Waals surface area contributed by atoms with Crippen molar-refractivity contribution < 1.29 is 14.3 Å². The minimum atomic E-state index is -1.09. The zero-order valence-electron chi connectivity index (χ0n) is 13.2. The summed E-state index contributed by atoms with van der Waals surface area (Å²) in [5, 5.41) is 19.1. The van der Waals surface area contributed by atoms with Crippen LogP contribution in [-0.4, -0.2) is 11.1 Å². The van der Waals surface area contributed by atoms with Crippen LogP contribution >= 0.6 is 23.2 Å². The van der Waals surface area contributed by atoms with Crippen LogP contribution in [0.15, 0.2) is 59.0 Å². The van der Waals surface area contributed by atoms with E-state index in [1.807, 2.05) is 0 Å². The quantitative estimate of drug-likeness (QED) is 0.559. The Balaban J connectivity index is 1.93.